The van der Waals surface area contributed by atoms with E-state index in [1.165, 1.54) is 5.56 Å². The van der Waals surface area contributed by atoms with Gasteiger partial charge < -0.3 is 4.74 Å². The molecule has 1 nitrogen and oxygen atoms in total. The van der Waals surface area contributed by atoms with Crippen LogP contribution in [0.5, 0.6) is 5.75 Å². The highest BCUT2D eigenvalue weighted by molar-refractivity contribution is 5.31. The van der Waals surface area contributed by atoms with Crippen LogP contribution in [-0.4, -0.2) is 6.61 Å². The second kappa shape index (κ2) is 4.69. The van der Waals surface area contributed by atoms with Crippen LogP contribution in [0.3, 0.4) is 0 Å². The number of rotatable bonds is 3. The Labute approximate surface area is 93.5 Å². The number of hydrogen-bond acceptors (Lipinski definition) is 1. The summed E-state index contributed by atoms with van der Waals surface area (Å²) >= 11 is 0. The van der Waals surface area contributed by atoms with Crippen molar-refractivity contribution in [3.05, 3.63) is 29.8 Å². The Balaban J connectivity index is 2.65. The first-order valence-corrected chi connectivity index (χ1v) is 5.63. The topological polar surface area (TPSA) is 9.23 Å². The fraction of sp³-hybridized carbons (Fsp3) is 0.571. The molecular formula is C14H22O. The summed E-state index contributed by atoms with van der Waals surface area (Å²) in [5.74, 6) is 1.55. The minimum Gasteiger partial charge on any atom is -0.493 e. The summed E-state index contributed by atoms with van der Waals surface area (Å²) < 4.78 is 5.64. The van der Waals surface area contributed by atoms with Crippen molar-refractivity contribution >= 4 is 0 Å². The van der Waals surface area contributed by atoms with Crippen molar-refractivity contribution in [1.29, 1.82) is 0 Å². The van der Waals surface area contributed by atoms with Gasteiger partial charge in [0.2, 0.25) is 0 Å². The average Bonchev–Trinajstić information content (AvgIpc) is 2.14. The first-order chi connectivity index (χ1) is 6.89. The van der Waals surface area contributed by atoms with Crippen LogP contribution in [0.1, 0.15) is 40.2 Å². The highest BCUT2D eigenvalue weighted by Gasteiger charge is 2.12. The Kier molecular flexibility index (Phi) is 3.78. The van der Waals surface area contributed by atoms with Crippen LogP contribution in [0.15, 0.2) is 24.3 Å². The lowest BCUT2D eigenvalue weighted by Crippen LogP contribution is -2.11. The molecule has 0 heterocycles. The molecule has 15 heavy (non-hydrogen) atoms. The second-order valence-corrected chi connectivity index (χ2v) is 5.48. The molecule has 0 aliphatic carbocycles. The molecule has 0 aliphatic rings. The second-order valence-electron chi connectivity index (χ2n) is 5.48. The van der Waals surface area contributed by atoms with E-state index in [0.717, 1.165) is 12.4 Å². The van der Waals surface area contributed by atoms with Gasteiger partial charge in [0, 0.05) is 0 Å². The van der Waals surface area contributed by atoms with Gasteiger partial charge in [-0.25, -0.2) is 0 Å². The Morgan fingerprint density at radius 3 is 2.00 bits per heavy atom. The van der Waals surface area contributed by atoms with E-state index in [9.17, 15) is 0 Å². The molecule has 0 fully saturated rings. The SMILES string of the molecule is CC(C)COc1ccc(C(C)(C)C)cc1. The Hall–Kier alpha value is -0.980. The molecule has 0 aromatic heterocycles. The molecule has 1 rings (SSSR count). The summed E-state index contributed by atoms with van der Waals surface area (Å²) in [6, 6.07) is 8.41. The molecule has 0 unspecified atom stereocenters. The molecule has 0 aliphatic heterocycles. The van der Waals surface area contributed by atoms with Crippen molar-refractivity contribution < 1.29 is 4.74 Å². The Bertz CT molecular complexity index is 290. The fourth-order valence-electron chi connectivity index (χ4n) is 1.31. The quantitative estimate of drug-likeness (QED) is 0.726. The van der Waals surface area contributed by atoms with Gasteiger partial charge in [-0.2, -0.15) is 0 Å². The summed E-state index contributed by atoms with van der Waals surface area (Å²) in [5.41, 5.74) is 1.57. The summed E-state index contributed by atoms with van der Waals surface area (Å²) in [5, 5.41) is 0. The lowest BCUT2D eigenvalue weighted by atomic mass is 9.87. The van der Waals surface area contributed by atoms with Crippen molar-refractivity contribution in [3.8, 4) is 5.75 Å². The number of ether oxygens (including phenoxy) is 1. The van der Waals surface area contributed by atoms with E-state index in [1.807, 2.05) is 0 Å². The van der Waals surface area contributed by atoms with Gasteiger partial charge in [0.15, 0.2) is 0 Å². The molecule has 0 saturated heterocycles. The van der Waals surface area contributed by atoms with Crippen LogP contribution in [0.25, 0.3) is 0 Å². The smallest absolute Gasteiger partial charge is 0.119 e. The Morgan fingerprint density at radius 1 is 1.07 bits per heavy atom. The lowest BCUT2D eigenvalue weighted by Gasteiger charge is -2.19. The van der Waals surface area contributed by atoms with Crippen LogP contribution in [0.2, 0.25) is 0 Å². The first kappa shape index (κ1) is 12.1. The summed E-state index contributed by atoms with van der Waals surface area (Å²) in [6.45, 7) is 11.8. The molecule has 84 valence electrons. The zero-order valence-corrected chi connectivity index (χ0v) is 10.5. The number of benzene rings is 1. The lowest BCUT2D eigenvalue weighted by molar-refractivity contribution is 0.271. The van der Waals surface area contributed by atoms with Crippen molar-refractivity contribution in [2.75, 3.05) is 6.61 Å². The summed E-state index contributed by atoms with van der Waals surface area (Å²) in [4.78, 5) is 0. The van der Waals surface area contributed by atoms with Gasteiger partial charge in [-0.15, -0.1) is 0 Å². The van der Waals surface area contributed by atoms with Crippen molar-refractivity contribution in [1.82, 2.24) is 0 Å². The third kappa shape index (κ3) is 3.94. The molecule has 1 aromatic rings. The monoisotopic (exact) mass is 206 g/mol. The fourth-order valence-corrected chi connectivity index (χ4v) is 1.31. The third-order valence-corrected chi connectivity index (χ3v) is 2.30. The van der Waals surface area contributed by atoms with Crippen molar-refractivity contribution in [2.24, 2.45) is 5.92 Å². The molecule has 1 aromatic carbocycles. The molecule has 0 radical (unpaired) electrons. The van der Waals surface area contributed by atoms with Gasteiger partial charge in [-0.3, -0.25) is 0 Å². The third-order valence-electron chi connectivity index (χ3n) is 2.30. The van der Waals surface area contributed by atoms with Gasteiger partial charge in [0.05, 0.1) is 6.61 Å². The zero-order valence-electron chi connectivity index (χ0n) is 10.5. The van der Waals surface area contributed by atoms with Crippen LogP contribution in [0, 0.1) is 5.92 Å². The molecular weight excluding hydrogens is 184 g/mol. The molecule has 0 bridgehead atoms. The Morgan fingerprint density at radius 2 is 1.60 bits per heavy atom. The highest BCUT2D eigenvalue weighted by Crippen LogP contribution is 2.24. The standard InChI is InChI=1S/C14H22O/c1-11(2)10-15-13-8-6-12(7-9-13)14(3,4)5/h6-9,11H,10H2,1-5H3. The van der Waals surface area contributed by atoms with Gasteiger partial charge in [0.1, 0.15) is 5.75 Å². The molecule has 0 saturated carbocycles. The molecule has 1 heteroatoms. The average molecular weight is 206 g/mol. The number of hydrogen-bond donors (Lipinski definition) is 0. The van der Waals surface area contributed by atoms with E-state index in [0.29, 0.717) is 5.92 Å². The predicted molar refractivity (Wildman–Crippen MR) is 65.5 cm³/mol. The normalized spacial score (nSPS) is 11.9. The van der Waals surface area contributed by atoms with E-state index in [-0.39, 0.29) is 5.41 Å². The van der Waals surface area contributed by atoms with E-state index in [2.05, 4.69) is 58.9 Å². The maximum Gasteiger partial charge on any atom is 0.119 e. The van der Waals surface area contributed by atoms with E-state index in [1.54, 1.807) is 0 Å². The van der Waals surface area contributed by atoms with Crippen molar-refractivity contribution in [2.45, 2.75) is 40.0 Å². The van der Waals surface area contributed by atoms with E-state index in [4.69, 9.17) is 4.74 Å². The van der Waals surface area contributed by atoms with E-state index >= 15 is 0 Å². The van der Waals surface area contributed by atoms with Crippen LogP contribution in [0.4, 0.5) is 0 Å². The molecule has 0 atom stereocenters. The predicted octanol–water partition coefficient (Wildman–Crippen LogP) is 4.02. The summed E-state index contributed by atoms with van der Waals surface area (Å²) in [6.07, 6.45) is 0. The highest BCUT2D eigenvalue weighted by atomic mass is 16.5. The van der Waals surface area contributed by atoms with Gasteiger partial charge in [-0.1, -0.05) is 46.8 Å². The van der Waals surface area contributed by atoms with Crippen LogP contribution >= 0.6 is 0 Å². The van der Waals surface area contributed by atoms with Gasteiger partial charge in [-0.05, 0) is 29.0 Å². The zero-order chi connectivity index (χ0) is 11.5. The van der Waals surface area contributed by atoms with E-state index < -0.39 is 0 Å². The van der Waals surface area contributed by atoms with Gasteiger partial charge in [0.25, 0.3) is 0 Å². The minimum absolute atomic E-state index is 0.219. The largest absolute Gasteiger partial charge is 0.493 e. The summed E-state index contributed by atoms with van der Waals surface area (Å²) in [7, 11) is 0. The maximum atomic E-state index is 5.64. The first-order valence-electron chi connectivity index (χ1n) is 5.63. The van der Waals surface area contributed by atoms with Crippen LogP contribution < -0.4 is 4.74 Å². The van der Waals surface area contributed by atoms with Crippen molar-refractivity contribution in [3.63, 3.8) is 0 Å². The molecule has 0 amide bonds. The maximum absolute atomic E-state index is 5.64. The minimum atomic E-state index is 0.219. The molecule has 0 spiro atoms. The van der Waals surface area contributed by atoms with Crippen LogP contribution in [-0.2, 0) is 5.41 Å². The molecule has 0 N–H and O–H groups in total. The van der Waals surface area contributed by atoms with Gasteiger partial charge >= 0.3 is 0 Å².